The maximum absolute atomic E-state index is 13.9. The molecular formula is C14H13F2N3O4. The molecule has 1 aliphatic heterocycles. The van der Waals surface area contributed by atoms with Crippen LogP contribution in [0.25, 0.3) is 11.4 Å². The minimum atomic E-state index is -0.960. The van der Waals surface area contributed by atoms with Crippen LogP contribution in [0.4, 0.5) is 8.78 Å². The highest BCUT2D eigenvalue weighted by Crippen LogP contribution is 2.24. The maximum atomic E-state index is 13.9. The van der Waals surface area contributed by atoms with Gasteiger partial charge in [0.2, 0.25) is 0 Å². The van der Waals surface area contributed by atoms with Gasteiger partial charge in [-0.2, -0.15) is 9.53 Å². The number of nitrogens with zero attached hydrogens (tertiary/aromatic N) is 3. The van der Waals surface area contributed by atoms with Gasteiger partial charge in [-0.15, -0.1) is 0 Å². The van der Waals surface area contributed by atoms with E-state index in [9.17, 15) is 18.8 Å². The predicted molar refractivity (Wildman–Crippen MR) is 72.0 cm³/mol. The van der Waals surface area contributed by atoms with Crippen molar-refractivity contribution in [1.82, 2.24) is 9.67 Å². The summed E-state index contributed by atoms with van der Waals surface area (Å²) in [6.07, 6.45) is 0.716. The van der Waals surface area contributed by atoms with E-state index in [2.05, 4.69) is 4.98 Å². The van der Waals surface area contributed by atoms with Crippen molar-refractivity contribution in [3.05, 3.63) is 41.4 Å². The zero-order chi connectivity index (χ0) is 16.6. The van der Waals surface area contributed by atoms with Crippen LogP contribution in [0.5, 0.6) is 0 Å². The summed E-state index contributed by atoms with van der Waals surface area (Å²) in [6, 6.07) is 2.97. The molecule has 23 heavy (non-hydrogen) atoms. The number of carbonyl (C=O) groups is 1. The summed E-state index contributed by atoms with van der Waals surface area (Å²) in [5.74, 6) is -3.14. The first-order valence-corrected chi connectivity index (χ1v) is 6.90. The summed E-state index contributed by atoms with van der Waals surface area (Å²) in [4.78, 5) is 15.2. The van der Waals surface area contributed by atoms with Crippen LogP contribution in [0.1, 0.15) is 6.42 Å². The quantitative estimate of drug-likeness (QED) is 0.667. The van der Waals surface area contributed by atoms with Crippen molar-refractivity contribution in [2.75, 3.05) is 6.61 Å². The Labute approximate surface area is 129 Å². The van der Waals surface area contributed by atoms with E-state index < -0.39 is 29.6 Å². The Bertz CT molecular complexity index is 750. The maximum Gasteiger partial charge on any atom is 0.311 e. The lowest BCUT2D eigenvalue weighted by atomic mass is 10.1. The Hall–Kier alpha value is -2.55. The van der Waals surface area contributed by atoms with Crippen LogP contribution in [-0.4, -0.2) is 33.5 Å². The zero-order valence-electron chi connectivity index (χ0n) is 11.9. The zero-order valence-corrected chi connectivity index (χ0v) is 11.9. The van der Waals surface area contributed by atoms with Crippen LogP contribution in [0, 0.1) is 22.8 Å². The van der Waals surface area contributed by atoms with E-state index in [1.54, 1.807) is 0 Å². The average Bonchev–Trinajstić information content (AvgIpc) is 3.09. The van der Waals surface area contributed by atoms with Crippen LogP contribution < -0.4 is 4.85 Å². The van der Waals surface area contributed by atoms with Gasteiger partial charge in [-0.1, -0.05) is 0 Å². The van der Waals surface area contributed by atoms with Gasteiger partial charge in [0.05, 0.1) is 30.7 Å². The molecule has 1 N–H and O–H groups in total. The molecule has 0 saturated carbocycles. The van der Waals surface area contributed by atoms with Gasteiger partial charge in [-0.3, -0.25) is 4.79 Å². The SMILES string of the molecule is O=C(O)[C@H]1CO[C@@H](Cn2c(-c3ccc(F)cc3F)nc[n+]2[O-])C1. The Balaban J connectivity index is 1.86. The molecule has 1 aromatic heterocycles. The first-order valence-electron chi connectivity index (χ1n) is 6.90. The summed E-state index contributed by atoms with van der Waals surface area (Å²) in [7, 11) is 0. The Morgan fingerprint density at radius 2 is 2.30 bits per heavy atom. The number of aliphatic carboxylic acids is 1. The monoisotopic (exact) mass is 325 g/mol. The smallest absolute Gasteiger partial charge is 0.311 e. The van der Waals surface area contributed by atoms with Gasteiger partial charge in [-0.25, -0.2) is 8.78 Å². The number of rotatable bonds is 4. The van der Waals surface area contributed by atoms with Crippen molar-refractivity contribution in [3.63, 3.8) is 0 Å². The van der Waals surface area contributed by atoms with E-state index in [1.165, 1.54) is 6.07 Å². The molecule has 1 saturated heterocycles. The highest BCUT2D eigenvalue weighted by molar-refractivity contribution is 5.70. The number of carboxylic acid groups (broad SMARTS) is 1. The molecule has 0 aliphatic carbocycles. The van der Waals surface area contributed by atoms with Crippen molar-refractivity contribution < 1.29 is 28.3 Å². The molecule has 0 spiro atoms. The van der Waals surface area contributed by atoms with Gasteiger partial charge in [0.15, 0.2) is 0 Å². The van der Waals surface area contributed by atoms with Crippen LogP contribution in [0.15, 0.2) is 24.5 Å². The number of halogens is 2. The summed E-state index contributed by atoms with van der Waals surface area (Å²) in [5.41, 5.74) is -0.0196. The normalized spacial score (nSPS) is 20.8. The third-order valence-electron chi connectivity index (χ3n) is 3.74. The van der Waals surface area contributed by atoms with Crippen molar-refractivity contribution >= 4 is 5.97 Å². The topological polar surface area (TPSA) is 91.3 Å². The lowest BCUT2D eigenvalue weighted by Crippen LogP contribution is -2.39. The number of benzene rings is 1. The Kier molecular flexibility index (Phi) is 3.95. The minimum absolute atomic E-state index is 0.0196. The molecule has 7 nitrogen and oxygen atoms in total. The number of hydrogen-bond acceptors (Lipinski definition) is 4. The molecule has 0 amide bonds. The van der Waals surface area contributed by atoms with Gasteiger partial charge in [-0.05, 0) is 23.5 Å². The highest BCUT2D eigenvalue weighted by atomic mass is 19.1. The molecular weight excluding hydrogens is 312 g/mol. The summed E-state index contributed by atoms with van der Waals surface area (Å²) in [5, 5.41) is 20.8. The van der Waals surface area contributed by atoms with Crippen molar-refractivity contribution in [2.24, 2.45) is 5.92 Å². The lowest BCUT2D eigenvalue weighted by Gasteiger charge is -2.13. The molecule has 122 valence electrons. The molecule has 9 heteroatoms. The third kappa shape index (κ3) is 3.00. The molecule has 1 aliphatic rings. The van der Waals surface area contributed by atoms with Gasteiger partial charge in [0.1, 0.15) is 11.6 Å². The van der Waals surface area contributed by atoms with E-state index in [0.717, 1.165) is 17.1 Å². The van der Waals surface area contributed by atoms with Crippen LogP contribution in [0.2, 0.25) is 0 Å². The van der Waals surface area contributed by atoms with E-state index in [-0.39, 0.29) is 31.0 Å². The molecule has 1 aromatic carbocycles. The first kappa shape index (κ1) is 15.3. The minimum Gasteiger partial charge on any atom is -0.692 e. The van der Waals surface area contributed by atoms with Gasteiger partial charge < -0.3 is 15.1 Å². The second-order valence-corrected chi connectivity index (χ2v) is 5.30. The van der Waals surface area contributed by atoms with Gasteiger partial charge in [0.25, 0.3) is 5.82 Å². The molecule has 0 bridgehead atoms. The third-order valence-corrected chi connectivity index (χ3v) is 3.74. The van der Waals surface area contributed by atoms with E-state index in [0.29, 0.717) is 10.9 Å². The second-order valence-electron chi connectivity index (χ2n) is 5.30. The predicted octanol–water partition coefficient (Wildman–Crippen LogP) is 0.951. The van der Waals surface area contributed by atoms with Crippen molar-refractivity contribution in [1.29, 1.82) is 0 Å². The summed E-state index contributed by atoms with van der Waals surface area (Å²) < 4.78 is 33.4. The van der Waals surface area contributed by atoms with Gasteiger partial charge >= 0.3 is 12.3 Å². The van der Waals surface area contributed by atoms with Crippen molar-refractivity contribution in [2.45, 2.75) is 19.1 Å². The number of aromatic nitrogens is 3. The van der Waals surface area contributed by atoms with Crippen LogP contribution >= 0.6 is 0 Å². The fourth-order valence-corrected chi connectivity index (χ4v) is 2.57. The highest BCUT2D eigenvalue weighted by Gasteiger charge is 2.33. The average molecular weight is 325 g/mol. The fraction of sp³-hybridized carbons (Fsp3) is 0.357. The largest absolute Gasteiger partial charge is 0.692 e. The molecule has 0 radical (unpaired) electrons. The molecule has 2 atom stereocenters. The summed E-state index contributed by atoms with van der Waals surface area (Å²) in [6.45, 7) is 0.0905. The Morgan fingerprint density at radius 1 is 1.52 bits per heavy atom. The lowest BCUT2D eigenvalue weighted by molar-refractivity contribution is -0.695. The summed E-state index contributed by atoms with van der Waals surface area (Å²) >= 11 is 0. The Morgan fingerprint density at radius 3 is 2.96 bits per heavy atom. The van der Waals surface area contributed by atoms with E-state index in [1.807, 2.05) is 0 Å². The fourth-order valence-electron chi connectivity index (χ4n) is 2.57. The molecule has 0 unspecified atom stereocenters. The van der Waals surface area contributed by atoms with Crippen LogP contribution in [-0.2, 0) is 16.1 Å². The van der Waals surface area contributed by atoms with E-state index >= 15 is 0 Å². The molecule has 2 aromatic rings. The second kappa shape index (κ2) is 5.92. The van der Waals surface area contributed by atoms with Crippen LogP contribution in [0.3, 0.4) is 0 Å². The standard InChI is InChI=1S/C14H13F2N3O4/c15-9-1-2-11(12(16)4-9)13-17-7-19(22)18(13)5-10-3-8(6-23-10)14(20)21/h1-2,4,7-8,10H,3,5-6H2,(H,20,21)/t8-,10-/m1/s1. The number of carboxylic acids is 1. The van der Waals surface area contributed by atoms with E-state index in [4.69, 9.17) is 9.84 Å². The molecule has 2 heterocycles. The number of ether oxygens (including phenoxy) is 1. The molecule has 1 fully saturated rings. The molecule has 3 rings (SSSR count). The number of hydrogen-bond donors (Lipinski definition) is 1. The van der Waals surface area contributed by atoms with Crippen molar-refractivity contribution in [3.8, 4) is 11.4 Å². The van der Waals surface area contributed by atoms with Gasteiger partial charge in [0, 0.05) is 6.07 Å². The first-order chi connectivity index (χ1) is 11.0.